The van der Waals surface area contributed by atoms with Crippen molar-refractivity contribution in [1.29, 1.82) is 0 Å². The first-order valence-electron chi connectivity index (χ1n) is 8.45. The quantitative estimate of drug-likeness (QED) is 0.857. The van der Waals surface area contributed by atoms with Crippen LogP contribution < -0.4 is 0 Å². The second kappa shape index (κ2) is 6.68. The highest BCUT2D eigenvalue weighted by Gasteiger charge is 2.32. The molecule has 2 aromatic heterocycles. The van der Waals surface area contributed by atoms with Gasteiger partial charge in [0.1, 0.15) is 6.10 Å². The lowest BCUT2D eigenvalue weighted by molar-refractivity contribution is -0.142. The number of carbonyl (C=O) groups excluding carboxylic acids is 1. The summed E-state index contributed by atoms with van der Waals surface area (Å²) < 4.78 is 10.9. The van der Waals surface area contributed by atoms with Crippen molar-refractivity contribution >= 4 is 5.91 Å². The number of aromatic nitrogens is 3. The standard InChI is InChI=1S/C17H20N4O3/c22-17(14-4-2-10-23-14)21-8-5-12(6-9-21)15-19-16(24-20-15)13-3-1-7-18-11-13/h1,3,7,11-12,14H,2,4-6,8-10H2/t14-/m0/s1. The van der Waals surface area contributed by atoms with E-state index in [4.69, 9.17) is 9.26 Å². The molecule has 0 spiro atoms. The molecule has 0 aromatic carbocycles. The van der Waals surface area contributed by atoms with E-state index >= 15 is 0 Å². The number of pyridine rings is 1. The van der Waals surface area contributed by atoms with Crippen molar-refractivity contribution in [2.24, 2.45) is 0 Å². The van der Waals surface area contributed by atoms with Crippen molar-refractivity contribution in [3.8, 4) is 11.5 Å². The maximum Gasteiger partial charge on any atom is 0.259 e. The molecule has 7 heteroatoms. The maximum absolute atomic E-state index is 12.4. The van der Waals surface area contributed by atoms with Gasteiger partial charge in [-0.3, -0.25) is 9.78 Å². The van der Waals surface area contributed by atoms with Crippen LogP contribution in [0.5, 0.6) is 0 Å². The Hall–Kier alpha value is -2.28. The van der Waals surface area contributed by atoms with Crippen LogP contribution in [0, 0.1) is 0 Å². The van der Waals surface area contributed by atoms with E-state index in [1.165, 1.54) is 0 Å². The average Bonchev–Trinajstić information content (AvgIpc) is 3.34. The second-order valence-electron chi connectivity index (χ2n) is 6.30. The van der Waals surface area contributed by atoms with E-state index in [9.17, 15) is 4.79 Å². The molecule has 2 aliphatic heterocycles. The lowest BCUT2D eigenvalue weighted by Crippen LogP contribution is -2.43. The lowest BCUT2D eigenvalue weighted by Gasteiger charge is -2.32. The van der Waals surface area contributed by atoms with Gasteiger partial charge in [-0.2, -0.15) is 4.98 Å². The minimum atomic E-state index is -0.232. The van der Waals surface area contributed by atoms with Crippen molar-refractivity contribution in [3.63, 3.8) is 0 Å². The Balaban J connectivity index is 1.38. The molecule has 126 valence electrons. The number of nitrogens with zero attached hydrogens (tertiary/aromatic N) is 4. The van der Waals surface area contributed by atoms with E-state index in [1.54, 1.807) is 12.4 Å². The fourth-order valence-corrected chi connectivity index (χ4v) is 3.34. The first-order chi connectivity index (χ1) is 11.8. The summed E-state index contributed by atoms with van der Waals surface area (Å²) >= 11 is 0. The Labute approximate surface area is 140 Å². The molecule has 0 N–H and O–H groups in total. The van der Waals surface area contributed by atoms with E-state index in [0.29, 0.717) is 12.5 Å². The Morgan fingerprint density at radius 1 is 1.25 bits per heavy atom. The van der Waals surface area contributed by atoms with Gasteiger partial charge in [0.25, 0.3) is 11.8 Å². The Morgan fingerprint density at radius 2 is 2.12 bits per heavy atom. The molecule has 0 aliphatic carbocycles. The number of amides is 1. The zero-order valence-corrected chi connectivity index (χ0v) is 13.4. The molecule has 1 atom stereocenters. The van der Waals surface area contributed by atoms with Crippen LogP contribution in [0.3, 0.4) is 0 Å². The molecule has 1 amide bonds. The van der Waals surface area contributed by atoms with Gasteiger partial charge < -0.3 is 14.2 Å². The normalized spacial score (nSPS) is 22.0. The van der Waals surface area contributed by atoms with Crippen molar-refractivity contribution in [1.82, 2.24) is 20.0 Å². The predicted octanol–water partition coefficient (Wildman–Crippen LogP) is 2.02. The third kappa shape index (κ3) is 3.03. The van der Waals surface area contributed by atoms with Crippen molar-refractivity contribution < 1.29 is 14.1 Å². The maximum atomic E-state index is 12.4. The summed E-state index contributed by atoms with van der Waals surface area (Å²) in [6.45, 7) is 2.15. The summed E-state index contributed by atoms with van der Waals surface area (Å²) in [5, 5.41) is 4.12. The second-order valence-corrected chi connectivity index (χ2v) is 6.30. The molecule has 4 rings (SSSR count). The zero-order chi connectivity index (χ0) is 16.4. The molecule has 4 heterocycles. The molecule has 2 fully saturated rings. The lowest BCUT2D eigenvalue weighted by atomic mass is 9.95. The predicted molar refractivity (Wildman–Crippen MR) is 85.1 cm³/mol. The summed E-state index contributed by atoms with van der Waals surface area (Å²) in [7, 11) is 0. The van der Waals surface area contributed by atoms with Crippen molar-refractivity contribution in [2.45, 2.75) is 37.7 Å². The molecule has 0 radical (unpaired) electrons. The van der Waals surface area contributed by atoms with Gasteiger partial charge in [0.2, 0.25) is 0 Å². The van der Waals surface area contributed by atoms with Crippen LogP contribution >= 0.6 is 0 Å². The van der Waals surface area contributed by atoms with Gasteiger partial charge in [0, 0.05) is 38.0 Å². The number of hydrogen-bond acceptors (Lipinski definition) is 6. The van der Waals surface area contributed by atoms with Gasteiger partial charge in [-0.05, 0) is 37.8 Å². The number of rotatable bonds is 3. The third-order valence-electron chi connectivity index (χ3n) is 4.73. The largest absolute Gasteiger partial charge is 0.368 e. The summed E-state index contributed by atoms with van der Waals surface area (Å²) in [5.74, 6) is 1.58. The van der Waals surface area contributed by atoms with Crippen LogP contribution in [-0.4, -0.2) is 51.7 Å². The SMILES string of the molecule is O=C([C@@H]1CCCO1)N1CCC(c2noc(-c3cccnc3)n2)CC1. The van der Waals surface area contributed by atoms with Gasteiger partial charge >= 0.3 is 0 Å². The van der Waals surface area contributed by atoms with E-state index in [2.05, 4.69) is 15.1 Å². The molecule has 7 nitrogen and oxygen atoms in total. The Kier molecular flexibility index (Phi) is 4.25. The van der Waals surface area contributed by atoms with Crippen molar-refractivity contribution in [2.75, 3.05) is 19.7 Å². The van der Waals surface area contributed by atoms with Gasteiger partial charge in [0.15, 0.2) is 5.82 Å². The van der Waals surface area contributed by atoms with E-state index in [1.807, 2.05) is 17.0 Å². The number of likely N-dealkylation sites (tertiary alicyclic amines) is 1. The molecular weight excluding hydrogens is 308 g/mol. The number of carbonyl (C=O) groups is 1. The van der Waals surface area contributed by atoms with Crippen LogP contribution in [0.15, 0.2) is 29.0 Å². The van der Waals surface area contributed by atoms with E-state index in [0.717, 1.165) is 50.2 Å². The minimum Gasteiger partial charge on any atom is -0.368 e. The van der Waals surface area contributed by atoms with Crippen LogP contribution in [0.4, 0.5) is 0 Å². The minimum absolute atomic E-state index is 0.134. The molecular formula is C17H20N4O3. The molecule has 0 bridgehead atoms. The number of ether oxygens (including phenoxy) is 1. The summed E-state index contributed by atoms with van der Waals surface area (Å²) in [6, 6.07) is 3.74. The Bertz CT molecular complexity index is 689. The van der Waals surface area contributed by atoms with Crippen LogP contribution in [0.2, 0.25) is 0 Å². The first kappa shape index (κ1) is 15.3. The Morgan fingerprint density at radius 3 is 2.83 bits per heavy atom. The number of piperidine rings is 1. The van der Waals surface area contributed by atoms with Crippen LogP contribution in [0.25, 0.3) is 11.5 Å². The van der Waals surface area contributed by atoms with Gasteiger partial charge in [0.05, 0.1) is 5.56 Å². The molecule has 2 aliphatic rings. The molecule has 2 aromatic rings. The zero-order valence-electron chi connectivity index (χ0n) is 13.4. The smallest absolute Gasteiger partial charge is 0.259 e. The molecule has 24 heavy (non-hydrogen) atoms. The number of hydrogen-bond donors (Lipinski definition) is 0. The van der Waals surface area contributed by atoms with Crippen molar-refractivity contribution in [3.05, 3.63) is 30.4 Å². The fraction of sp³-hybridized carbons (Fsp3) is 0.529. The monoisotopic (exact) mass is 328 g/mol. The fourth-order valence-electron chi connectivity index (χ4n) is 3.34. The highest BCUT2D eigenvalue weighted by molar-refractivity contribution is 5.81. The van der Waals surface area contributed by atoms with E-state index < -0.39 is 0 Å². The highest BCUT2D eigenvalue weighted by atomic mass is 16.5. The molecule has 0 unspecified atom stereocenters. The third-order valence-corrected chi connectivity index (χ3v) is 4.73. The topological polar surface area (TPSA) is 81.4 Å². The summed E-state index contributed by atoms with van der Waals surface area (Å²) in [4.78, 5) is 22.9. The highest BCUT2D eigenvalue weighted by Crippen LogP contribution is 2.28. The van der Waals surface area contributed by atoms with Gasteiger partial charge in [-0.25, -0.2) is 0 Å². The molecule has 0 saturated carbocycles. The summed E-state index contributed by atoms with van der Waals surface area (Å²) in [6.07, 6.45) is 6.71. The van der Waals surface area contributed by atoms with E-state index in [-0.39, 0.29) is 17.9 Å². The van der Waals surface area contributed by atoms with Crippen LogP contribution in [0.1, 0.15) is 37.4 Å². The first-order valence-corrected chi connectivity index (χ1v) is 8.45. The van der Waals surface area contributed by atoms with Crippen LogP contribution in [-0.2, 0) is 9.53 Å². The molecule has 2 saturated heterocycles. The van der Waals surface area contributed by atoms with Gasteiger partial charge in [-0.15, -0.1) is 0 Å². The average molecular weight is 328 g/mol. The summed E-state index contributed by atoms with van der Waals surface area (Å²) in [5.41, 5.74) is 0.822. The van der Waals surface area contributed by atoms with Gasteiger partial charge in [-0.1, -0.05) is 5.16 Å².